The molecule has 0 bridgehead atoms. The maximum absolute atomic E-state index is 12.4. The Kier molecular flexibility index (Phi) is 8.11. The summed E-state index contributed by atoms with van der Waals surface area (Å²) in [4.78, 5) is 14.6. The Labute approximate surface area is 187 Å². The lowest BCUT2D eigenvalue weighted by atomic mass is 10.2. The van der Waals surface area contributed by atoms with E-state index in [1.165, 1.54) is 17.3 Å². The predicted molar refractivity (Wildman–Crippen MR) is 128 cm³/mol. The number of thiocarbonyl (C=S) groups is 1. The van der Waals surface area contributed by atoms with Crippen molar-refractivity contribution in [2.45, 2.75) is 19.8 Å². The minimum atomic E-state index is -0.0830. The van der Waals surface area contributed by atoms with Crippen LogP contribution in [0, 0.1) is 0 Å². The van der Waals surface area contributed by atoms with Crippen molar-refractivity contribution in [1.29, 1.82) is 0 Å². The molecule has 2 aromatic carbocycles. The Morgan fingerprint density at radius 3 is 2.53 bits per heavy atom. The Hall–Kier alpha value is -2.57. The fourth-order valence-electron chi connectivity index (χ4n) is 2.89. The molecule has 1 aliphatic heterocycles. The second-order valence-electron chi connectivity index (χ2n) is 6.70. The van der Waals surface area contributed by atoms with Gasteiger partial charge in [-0.25, -0.2) is 0 Å². The number of hydrogen-bond acceptors (Lipinski definition) is 5. The molecule has 6 heteroatoms. The maximum atomic E-state index is 12.4. The van der Waals surface area contributed by atoms with Gasteiger partial charge in [-0.2, -0.15) is 0 Å². The van der Waals surface area contributed by atoms with Gasteiger partial charge in [-0.1, -0.05) is 61.2 Å². The summed E-state index contributed by atoms with van der Waals surface area (Å²) in [5.41, 5.74) is 2.20. The summed E-state index contributed by atoms with van der Waals surface area (Å²) in [6.45, 7) is 7.38. The molecule has 0 radical (unpaired) electrons. The van der Waals surface area contributed by atoms with Crippen LogP contribution >= 0.6 is 24.0 Å². The second-order valence-corrected chi connectivity index (χ2v) is 8.38. The number of ether oxygens (including phenoxy) is 2. The van der Waals surface area contributed by atoms with Gasteiger partial charge >= 0.3 is 0 Å². The molecule has 1 aliphatic rings. The molecule has 0 aromatic heterocycles. The monoisotopic (exact) mass is 439 g/mol. The lowest BCUT2D eigenvalue weighted by Gasteiger charge is -2.10. The minimum Gasteiger partial charge on any atom is -0.493 e. The van der Waals surface area contributed by atoms with Gasteiger partial charge in [-0.3, -0.25) is 9.69 Å². The van der Waals surface area contributed by atoms with Crippen molar-refractivity contribution in [1.82, 2.24) is 4.90 Å². The highest BCUT2D eigenvalue weighted by atomic mass is 32.2. The first-order valence-corrected chi connectivity index (χ1v) is 11.1. The third-order valence-corrected chi connectivity index (χ3v) is 5.88. The summed E-state index contributed by atoms with van der Waals surface area (Å²) < 4.78 is 12.2. The quantitative estimate of drug-likeness (QED) is 0.212. The molecule has 30 heavy (non-hydrogen) atoms. The number of hydrogen-bond donors (Lipinski definition) is 0. The average molecular weight is 440 g/mol. The lowest BCUT2D eigenvalue weighted by molar-refractivity contribution is -0.121. The molecule has 0 atom stereocenters. The molecule has 156 valence electrons. The van der Waals surface area contributed by atoms with E-state index < -0.39 is 0 Å². The van der Waals surface area contributed by atoms with E-state index in [1.807, 2.05) is 42.5 Å². The molecule has 0 spiro atoms. The summed E-state index contributed by atoms with van der Waals surface area (Å²) in [5, 5.41) is 0. The highest BCUT2D eigenvalue weighted by Crippen LogP contribution is 2.32. The average Bonchev–Trinajstić information content (AvgIpc) is 3.02. The zero-order chi connectivity index (χ0) is 21.3. The predicted octanol–water partition coefficient (Wildman–Crippen LogP) is 5.48. The van der Waals surface area contributed by atoms with Crippen molar-refractivity contribution >= 4 is 40.3 Å². The number of thioether (sulfide) groups is 1. The van der Waals surface area contributed by atoms with Crippen molar-refractivity contribution in [2.24, 2.45) is 0 Å². The third kappa shape index (κ3) is 5.97. The van der Waals surface area contributed by atoms with Gasteiger partial charge in [-0.05, 0) is 47.9 Å². The largest absolute Gasteiger partial charge is 0.493 e. The first kappa shape index (κ1) is 22.1. The molecular weight excluding hydrogens is 414 g/mol. The fourth-order valence-corrected chi connectivity index (χ4v) is 4.17. The first-order chi connectivity index (χ1) is 14.6. The number of nitrogens with zero attached hydrogens (tertiary/aromatic N) is 1. The van der Waals surface area contributed by atoms with Crippen molar-refractivity contribution < 1.29 is 14.3 Å². The molecule has 1 amide bonds. The molecule has 0 aliphatic carbocycles. The molecule has 4 nitrogen and oxygen atoms in total. The topological polar surface area (TPSA) is 38.8 Å². The van der Waals surface area contributed by atoms with Gasteiger partial charge in [0.15, 0.2) is 0 Å². The highest BCUT2D eigenvalue weighted by molar-refractivity contribution is 8.26. The minimum absolute atomic E-state index is 0.0830. The number of carbonyl (C=O) groups excluding carboxylic acids is 1. The summed E-state index contributed by atoms with van der Waals surface area (Å²) in [5.74, 6) is 1.56. The van der Waals surface area contributed by atoms with E-state index in [4.69, 9.17) is 21.7 Å². The van der Waals surface area contributed by atoms with Crippen LogP contribution in [0.1, 0.15) is 24.5 Å². The van der Waals surface area contributed by atoms with Crippen molar-refractivity contribution in [2.75, 3.05) is 19.8 Å². The van der Waals surface area contributed by atoms with Gasteiger partial charge in [0, 0.05) is 13.0 Å². The number of benzene rings is 2. The van der Waals surface area contributed by atoms with Gasteiger partial charge < -0.3 is 9.47 Å². The molecule has 1 heterocycles. The van der Waals surface area contributed by atoms with Crippen LogP contribution in [0.25, 0.3) is 6.08 Å². The Bertz CT molecular complexity index is 938. The normalized spacial score (nSPS) is 15.0. The maximum Gasteiger partial charge on any atom is 0.266 e. The van der Waals surface area contributed by atoms with Crippen LogP contribution < -0.4 is 9.47 Å². The SMILES string of the molecule is C=CCN1C(=O)/C(=C\c2cccc(OCCCOc3ccc(CC)cc3)c2)SC1=S. The fraction of sp³-hybridized carbons (Fsp3) is 0.250. The molecule has 0 N–H and O–H groups in total. The van der Waals surface area contributed by atoms with E-state index in [9.17, 15) is 4.79 Å². The van der Waals surface area contributed by atoms with E-state index in [2.05, 4.69) is 25.6 Å². The van der Waals surface area contributed by atoms with Gasteiger partial charge in [0.05, 0.1) is 18.1 Å². The van der Waals surface area contributed by atoms with Crippen LogP contribution in [-0.4, -0.2) is 34.9 Å². The van der Waals surface area contributed by atoms with Crippen molar-refractivity contribution in [3.05, 3.63) is 77.2 Å². The summed E-state index contributed by atoms with van der Waals surface area (Å²) in [6, 6.07) is 15.9. The number of aryl methyl sites for hydroxylation is 1. The Morgan fingerprint density at radius 2 is 1.83 bits per heavy atom. The zero-order valence-corrected chi connectivity index (χ0v) is 18.6. The smallest absolute Gasteiger partial charge is 0.266 e. The van der Waals surface area contributed by atoms with Crippen LogP contribution in [0.3, 0.4) is 0 Å². The van der Waals surface area contributed by atoms with Crippen LogP contribution in [0.2, 0.25) is 0 Å². The summed E-state index contributed by atoms with van der Waals surface area (Å²) >= 11 is 6.59. The molecule has 0 saturated carbocycles. The molecule has 1 saturated heterocycles. The van der Waals surface area contributed by atoms with E-state index in [-0.39, 0.29) is 5.91 Å². The second kappa shape index (κ2) is 11.0. The summed E-state index contributed by atoms with van der Waals surface area (Å²) in [6.07, 6.45) is 5.32. The zero-order valence-electron chi connectivity index (χ0n) is 17.0. The van der Waals surface area contributed by atoms with Crippen LogP contribution in [-0.2, 0) is 11.2 Å². The highest BCUT2D eigenvalue weighted by Gasteiger charge is 2.30. The molecule has 2 aromatic rings. The first-order valence-electron chi connectivity index (χ1n) is 9.91. The number of rotatable bonds is 10. The Morgan fingerprint density at radius 1 is 1.10 bits per heavy atom. The lowest BCUT2D eigenvalue weighted by Crippen LogP contribution is -2.27. The van der Waals surface area contributed by atoms with Gasteiger partial charge in [0.25, 0.3) is 5.91 Å². The van der Waals surface area contributed by atoms with Crippen LogP contribution in [0.4, 0.5) is 0 Å². The van der Waals surface area contributed by atoms with Gasteiger partial charge in [0.1, 0.15) is 15.8 Å². The van der Waals surface area contributed by atoms with Crippen molar-refractivity contribution in [3.63, 3.8) is 0 Å². The molecular formula is C24H25NO3S2. The summed E-state index contributed by atoms with van der Waals surface area (Å²) in [7, 11) is 0. The van der Waals surface area contributed by atoms with Crippen molar-refractivity contribution in [3.8, 4) is 11.5 Å². The van der Waals surface area contributed by atoms with Crippen LogP contribution in [0.15, 0.2) is 66.1 Å². The van der Waals surface area contributed by atoms with Gasteiger partial charge in [-0.15, -0.1) is 6.58 Å². The number of carbonyl (C=O) groups is 1. The third-order valence-electron chi connectivity index (χ3n) is 4.50. The van der Waals surface area contributed by atoms with E-state index in [1.54, 1.807) is 11.0 Å². The molecule has 1 fully saturated rings. The van der Waals surface area contributed by atoms with E-state index in [0.717, 1.165) is 29.9 Å². The standard InChI is InChI=1S/C24H25NO3S2/c1-3-13-25-23(26)22(30-24(25)29)17-19-7-5-8-21(16-19)28-15-6-14-27-20-11-9-18(4-2)10-12-20/h3,5,7-12,16-17H,1,4,6,13-15H2,2H3/b22-17+. The van der Waals surface area contributed by atoms with E-state index >= 15 is 0 Å². The number of amides is 1. The Balaban J connectivity index is 1.49. The molecule has 0 unspecified atom stereocenters. The van der Waals surface area contributed by atoms with Gasteiger partial charge in [0.2, 0.25) is 0 Å². The van der Waals surface area contributed by atoms with E-state index in [0.29, 0.717) is 29.0 Å². The molecule has 3 rings (SSSR count). The van der Waals surface area contributed by atoms with Crippen LogP contribution in [0.5, 0.6) is 11.5 Å².